The van der Waals surface area contributed by atoms with Crippen molar-refractivity contribution in [2.24, 2.45) is 11.8 Å². The summed E-state index contributed by atoms with van der Waals surface area (Å²) in [5.41, 5.74) is 0.0145. The van der Waals surface area contributed by atoms with Gasteiger partial charge in [0.2, 0.25) is 0 Å². The third-order valence-electron chi connectivity index (χ3n) is 5.14. The number of carbonyl (C=O) groups is 2. The molecule has 0 bridgehead atoms. The van der Waals surface area contributed by atoms with Crippen molar-refractivity contribution in [3.8, 4) is 5.75 Å². The van der Waals surface area contributed by atoms with E-state index in [2.05, 4.69) is 4.74 Å². The molecule has 1 aromatic rings. The van der Waals surface area contributed by atoms with Gasteiger partial charge in [-0.3, -0.25) is 4.79 Å². The summed E-state index contributed by atoms with van der Waals surface area (Å²) in [7, 11) is 0. The van der Waals surface area contributed by atoms with E-state index < -0.39 is 36.1 Å². The monoisotopic (exact) mass is 446 g/mol. The first-order valence-corrected chi connectivity index (χ1v) is 10.1. The second-order valence-electron chi connectivity index (χ2n) is 9.06. The Hall–Kier alpha value is -2.52. The number of benzene rings is 1. The Morgan fingerprint density at radius 1 is 1.10 bits per heavy atom. The molecule has 2 heterocycles. The highest BCUT2D eigenvalue weighted by Gasteiger charge is 2.44. The highest BCUT2D eigenvalue weighted by molar-refractivity contribution is 5.82. The number of hydrogen-bond acceptors (Lipinski definition) is 4. The summed E-state index contributed by atoms with van der Waals surface area (Å²) in [5.74, 6) is -1.42. The van der Waals surface area contributed by atoms with Gasteiger partial charge in [-0.15, -0.1) is 13.2 Å². The van der Waals surface area contributed by atoms with Crippen molar-refractivity contribution in [3.63, 3.8) is 0 Å². The van der Waals surface area contributed by atoms with E-state index in [4.69, 9.17) is 4.74 Å². The fourth-order valence-electron chi connectivity index (χ4n) is 3.63. The van der Waals surface area contributed by atoms with Crippen molar-refractivity contribution in [1.82, 2.24) is 9.80 Å². The van der Waals surface area contributed by atoms with Crippen LogP contribution in [-0.2, 0) is 16.0 Å². The molecule has 0 spiro atoms. The van der Waals surface area contributed by atoms with Gasteiger partial charge in [-0.05, 0) is 50.8 Å². The van der Waals surface area contributed by atoms with E-state index >= 15 is 0 Å². The zero-order valence-corrected chi connectivity index (χ0v) is 17.6. The third-order valence-corrected chi connectivity index (χ3v) is 5.14. The number of rotatable bonds is 5. The van der Waals surface area contributed by atoms with Crippen molar-refractivity contribution in [1.29, 1.82) is 0 Å². The molecule has 1 atom stereocenters. The summed E-state index contributed by atoms with van der Waals surface area (Å²) >= 11 is 0. The first-order chi connectivity index (χ1) is 14.3. The lowest BCUT2D eigenvalue weighted by molar-refractivity contribution is -0.274. The number of alkyl halides is 4. The summed E-state index contributed by atoms with van der Waals surface area (Å²) in [6.07, 6.45) is -6.51. The van der Waals surface area contributed by atoms with Crippen LogP contribution < -0.4 is 4.74 Å². The van der Waals surface area contributed by atoms with Crippen molar-refractivity contribution in [2.45, 2.75) is 45.3 Å². The Bertz CT molecular complexity index is 812. The second kappa shape index (κ2) is 8.55. The first kappa shape index (κ1) is 23.1. The van der Waals surface area contributed by atoms with Crippen LogP contribution in [0.4, 0.5) is 22.4 Å². The zero-order valence-electron chi connectivity index (χ0n) is 17.6. The van der Waals surface area contributed by atoms with Gasteiger partial charge in [-0.1, -0.05) is 12.1 Å². The van der Waals surface area contributed by atoms with E-state index in [0.29, 0.717) is 25.1 Å². The molecule has 1 aromatic carbocycles. The Morgan fingerprint density at radius 3 is 2.32 bits per heavy atom. The molecule has 3 rings (SSSR count). The Morgan fingerprint density at radius 2 is 1.74 bits per heavy atom. The molecule has 10 heteroatoms. The quantitative estimate of drug-likeness (QED) is 0.646. The van der Waals surface area contributed by atoms with Crippen LogP contribution in [0.2, 0.25) is 0 Å². The van der Waals surface area contributed by atoms with Gasteiger partial charge >= 0.3 is 12.5 Å². The van der Waals surface area contributed by atoms with Gasteiger partial charge in [0.25, 0.3) is 5.91 Å². The van der Waals surface area contributed by atoms with Gasteiger partial charge < -0.3 is 19.3 Å². The predicted molar refractivity (Wildman–Crippen MR) is 103 cm³/mol. The topological polar surface area (TPSA) is 59.1 Å². The third kappa shape index (κ3) is 6.24. The fraction of sp³-hybridized carbons (Fsp3) is 0.619. The van der Waals surface area contributed by atoms with E-state index in [1.165, 1.54) is 28.0 Å². The average molecular weight is 446 g/mol. The van der Waals surface area contributed by atoms with Crippen LogP contribution in [-0.4, -0.2) is 66.1 Å². The van der Waals surface area contributed by atoms with Gasteiger partial charge in [-0.25, -0.2) is 9.18 Å². The van der Waals surface area contributed by atoms with E-state index in [0.717, 1.165) is 0 Å². The van der Waals surface area contributed by atoms with Crippen molar-refractivity contribution in [2.75, 3.05) is 26.2 Å². The Labute approximate surface area is 178 Å². The van der Waals surface area contributed by atoms with Crippen LogP contribution >= 0.6 is 0 Å². The normalized spacial score (nSPS) is 18.8. The highest BCUT2D eigenvalue weighted by atomic mass is 19.4. The van der Waals surface area contributed by atoms with E-state index in [1.54, 1.807) is 26.8 Å². The Balaban J connectivity index is 1.42. The summed E-state index contributed by atoms with van der Waals surface area (Å²) in [5, 5.41) is 0. The Kier molecular flexibility index (Phi) is 6.38. The minimum atomic E-state index is -4.75. The molecule has 31 heavy (non-hydrogen) atoms. The molecule has 2 fully saturated rings. The standard InChI is InChI=1S/C21H26F4N2O4/c1-20(2,3)31-19(29)27-11-15(12-27)17(22)18(28)26-9-14(10-26)7-13-5-4-6-16(8-13)30-21(23,24)25/h4-6,8,14-15,17H,7,9-12H2,1-3H3. The first-order valence-electron chi connectivity index (χ1n) is 10.1. The number of halogens is 4. The molecule has 0 radical (unpaired) electrons. The lowest BCUT2D eigenvalue weighted by Crippen LogP contribution is -2.60. The summed E-state index contributed by atoms with van der Waals surface area (Å²) < 4.78 is 60.7. The molecule has 2 aliphatic rings. The van der Waals surface area contributed by atoms with Gasteiger partial charge in [0.1, 0.15) is 11.4 Å². The van der Waals surface area contributed by atoms with E-state index in [-0.39, 0.29) is 24.8 Å². The van der Waals surface area contributed by atoms with Crippen molar-refractivity contribution < 1.29 is 36.6 Å². The lowest BCUT2D eigenvalue weighted by Gasteiger charge is -2.44. The number of hydrogen-bond donors (Lipinski definition) is 0. The van der Waals surface area contributed by atoms with Crippen LogP contribution in [0, 0.1) is 11.8 Å². The van der Waals surface area contributed by atoms with Crippen LogP contribution in [0.25, 0.3) is 0 Å². The maximum absolute atomic E-state index is 14.6. The second-order valence-corrected chi connectivity index (χ2v) is 9.06. The maximum atomic E-state index is 14.6. The molecule has 172 valence electrons. The largest absolute Gasteiger partial charge is 0.573 e. The molecular formula is C21H26F4N2O4. The molecule has 0 aliphatic carbocycles. The van der Waals surface area contributed by atoms with Crippen LogP contribution in [0.5, 0.6) is 5.75 Å². The van der Waals surface area contributed by atoms with Crippen molar-refractivity contribution in [3.05, 3.63) is 29.8 Å². The van der Waals surface area contributed by atoms with E-state index in [9.17, 15) is 27.2 Å². The number of carbonyl (C=O) groups excluding carboxylic acids is 2. The number of nitrogens with zero attached hydrogens (tertiary/aromatic N) is 2. The summed E-state index contributed by atoms with van der Waals surface area (Å²) in [4.78, 5) is 27.0. The molecular weight excluding hydrogens is 420 g/mol. The number of likely N-dealkylation sites (tertiary alicyclic amines) is 2. The maximum Gasteiger partial charge on any atom is 0.573 e. The van der Waals surface area contributed by atoms with Crippen molar-refractivity contribution >= 4 is 12.0 Å². The van der Waals surface area contributed by atoms with Gasteiger partial charge in [-0.2, -0.15) is 0 Å². The minimum absolute atomic E-state index is 0.0388. The molecule has 0 saturated carbocycles. The molecule has 6 nitrogen and oxygen atoms in total. The lowest BCUT2D eigenvalue weighted by atomic mass is 9.89. The number of ether oxygens (including phenoxy) is 2. The van der Waals surface area contributed by atoms with Gasteiger partial charge in [0, 0.05) is 32.1 Å². The molecule has 1 unspecified atom stereocenters. The molecule has 0 aromatic heterocycles. The molecule has 2 saturated heterocycles. The van der Waals surface area contributed by atoms with Gasteiger partial charge in [0.05, 0.1) is 0 Å². The smallest absolute Gasteiger partial charge is 0.444 e. The predicted octanol–water partition coefficient (Wildman–Crippen LogP) is 3.79. The van der Waals surface area contributed by atoms with Crippen LogP contribution in [0.3, 0.4) is 0 Å². The number of amides is 2. The average Bonchev–Trinajstić information content (AvgIpc) is 2.52. The zero-order chi connectivity index (χ0) is 23.0. The summed E-state index contributed by atoms with van der Waals surface area (Å²) in [6, 6.07) is 5.70. The summed E-state index contributed by atoms with van der Waals surface area (Å²) in [6.45, 7) is 6.16. The molecule has 2 amide bonds. The van der Waals surface area contributed by atoms with Gasteiger partial charge in [0.15, 0.2) is 6.17 Å². The molecule has 2 aliphatic heterocycles. The molecule has 0 N–H and O–H groups in total. The fourth-order valence-corrected chi connectivity index (χ4v) is 3.63. The minimum Gasteiger partial charge on any atom is -0.444 e. The van der Waals surface area contributed by atoms with Crippen LogP contribution in [0.15, 0.2) is 24.3 Å². The van der Waals surface area contributed by atoms with Crippen LogP contribution in [0.1, 0.15) is 26.3 Å². The highest BCUT2D eigenvalue weighted by Crippen LogP contribution is 2.29. The van der Waals surface area contributed by atoms with E-state index in [1.807, 2.05) is 0 Å². The SMILES string of the molecule is CC(C)(C)OC(=O)N1CC(C(F)C(=O)N2CC(Cc3cccc(OC(F)(F)F)c3)C2)C1.